The van der Waals surface area contributed by atoms with Crippen LogP contribution >= 0.6 is 0 Å². The van der Waals surface area contributed by atoms with Gasteiger partial charge in [0.25, 0.3) is 0 Å². The lowest BCUT2D eigenvalue weighted by Crippen LogP contribution is -2.25. The Hall–Kier alpha value is -2.10. The second kappa shape index (κ2) is 5.84. The van der Waals surface area contributed by atoms with Crippen LogP contribution in [0.2, 0.25) is 0 Å². The van der Waals surface area contributed by atoms with Crippen molar-refractivity contribution in [1.82, 2.24) is 5.32 Å². The number of aryl methyl sites for hydroxylation is 1. The van der Waals surface area contributed by atoms with Gasteiger partial charge in [-0.15, -0.1) is 0 Å². The third-order valence-corrected chi connectivity index (χ3v) is 2.39. The van der Waals surface area contributed by atoms with Gasteiger partial charge in [-0.25, -0.2) is 4.79 Å². The molecular weight excluding hydrogens is 218 g/mol. The van der Waals surface area contributed by atoms with E-state index in [-0.39, 0.29) is 6.04 Å². The van der Waals surface area contributed by atoms with E-state index in [2.05, 4.69) is 5.32 Å². The number of aliphatic carboxylic acids is 1. The summed E-state index contributed by atoms with van der Waals surface area (Å²) in [5, 5.41) is 11.1. The molecule has 0 aliphatic rings. The fourth-order valence-corrected chi connectivity index (χ4v) is 1.56. The first-order chi connectivity index (χ1) is 8.00. The van der Waals surface area contributed by atoms with E-state index in [1.807, 2.05) is 38.1 Å². The largest absolute Gasteiger partial charge is 0.478 e. The van der Waals surface area contributed by atoms with Gasteiger partial charge in [-0.3, -0.25) is 4.79 Å². The SMILES string of the molecule is Cc1ccccc1[C@H](C)NC(=O)/C=C/C(=O)O. The van der Waals surface area contributed by atoms with Crippen molar-refractivity contribution in [1.29, 1.82) is 0 Å². The summed E-state index contributed by atoms with van der Waals surface area (Å²) in [4.78, 5) is 21.6. The van der Waals surface area contributed by atoms with E-state index in [9.17, 15) is 9.59 Å². The van der Waals surface area contributed by atoms with Gasteiger partial charge >= 0.3 is 5.97 Å². The molecule has 17 heavy (non-hydrogen) atoms. The van der Waals surface area contributed by atoms with Crippen LogP contribution in [-0.2, 0) is 9.59 Å². The number of carbonyl (C=O) groups is 2. The summed E-state index contributed by atoms with van der Waals surface area (Å²) in [6.07, 6.45) is 1.83. The summed E-state index contributed by atoms with van der Waals surface area (Å²) in [6.45, 7) is 3.82. The van der Waals surface area contributed by atoms with Crippen molar-refractivity contribution in [2.75, 3.05) is 0 Å². The Labute approximate surface area is 100.0 Å². The Morgan fingerprint density at radius 2 is 1.94 bits per heavy atom. The number of amides is 1. The molecule has 0 aliphatic heterocycles. The van der Waals surface area contributed by atoms with Crippen LogP contribution in [0.15, 0.2) is 36.4 Å². The van der Waals surface area contributed by atoms with Crippen molar-refractivity contribution in [3.8, 4) is 0 Å². The van der Waals surface area contributed by atoms with Gasteiger partial charge in [0.2, 0.25) is 5.91 Å². The van der Waals surface area contributed by atoms with E-state index in [1.54, 1.807) is 0 Å². The minimum Gasteiger partial charge on any atom is -0.478 e. The van der Waals surface area contributed by atoms with Gasteiger partial charge in [-0.2, -0.15) is 0 Å². The molecule has 4 heteroatoms. The van der Waals surface area contributed by atoms with Crippen molar-refractivity contribution in [3.05, 3.63) is 47.5 Å². The number of hydrogen-bond donors (Lipinski definition) is 2. The summed E-state index contributed by atoms with van der Waals surface area (Å²) < 4.78 is 0. The van der Waals surface area contributed by atoms with Crippen LogP contribution < -0.4 is 5.32 Å². The van der Waals surface area contributed by atoms with E-state index in [1.165, 1.54) is 0 Å². The molecule has 0 unspecified atom stereocenters. The molecule has 0 radical (unpaired) electrons. The highest BCUT2D eigenvalue weighted by Gasteiger charge is 2.09. The first-order valence-corrected chi connectivity index (χ1v) is 5.27. The number of benzene rings is 1. The maximum atomic E-state index is 11.4. The monoisotopic (exact) mass is 233 g/mol. The van der Waals surface area contributed by atoms with E-state index in [4.69, 9.17) is 5.11 Å². The number of carboxylic acid groups (broad SMARTS) is 1. The van der Waals surface area contributed by atoms with E-state index >= 15 is 0 Å². The van der Waals surface area contributed by atoms with E-state index in [0.717, 1.165) is 23.3 Å². The molecular formula is C13H15NO3. The molecule has 0 spiro atoms. The lowest BCUT2D eigenvalue weighted by atomic mass is 10.0. The van der Waals surface area contributed by atoms with Crippen LogP contribution in [-0.4, -0.2) is 17.0 Å². The zero-order chi connectivity index (χ0) is 12.8. The molecule has 0 fully saturated rings. The molecule has 1 amide bonds. The van der Waals surface area contributed by atoms with Gasteiger partial charge in [0.1, 0.15) is 0 Å². The van der Waals surface area contributed by atoms with Gasteiger partial charge in [-0.1, -0.05) is 24.3 Å². The molecule has 0 saturated carbocycles. The molecule has 0 saturated heterocycles. The van der Waals surface area contributed by atoms with E-state index < -0.39 is 11.9 Å². The van der Waals surface area contributed by atoms with Crippen LogP contribution in [0.5, 0.6) is 0 Å². The second-order valence-electron chi connectivity index (χ2n) is 3.76. The van der Waals surface area contributed by atoms with Crippen molar-refractivity contribution < 1.29 is 14.7 Å². The quantitative estimate of drug-likeness (QED) is 0.779. The molecule has 0 aromatic heterocycles. The number of rotatable bonds is 4. The van der Waals surface area contributed by atoms with Gasteiger partial charge in [0, 0.05) is 12.2 Å². The molecule has 0 aliphatic carbocycles. The molecule has 0 bridgehead atoms. The predicted octanol–water partition coefficient (Wildman–Crippen LogP) is 1.81. The molecule has 2 N–H and O–H groups in total. The van der Waals surface area contributed by atoms with Crippen LogP contribution in [0.25, 0.3) is 0 Å². The molecule has 1 aromatic carbocycles. The highest BCUT2D eigenvalue weighted by atomic mass is 16.4. The summed E-state index contributed by atoms with van der Waals surface area (Å²) >= 11 is 0. The third-order valence-electron chi connectivity index (χ3n) is 2.39. The topological polar surface area (TPSA) is 66.4 Å². The number of carboxylic acids is 1. The summed E-state index contributed by atoms with van der Waals surface area (Å²) in [5.74, 6) is -1.55. The van der Waals surface area contributed by atoms with Crippen LogP contribution in [0.4, 0.5) is 0 Å². The Bertz CT molecular complexity index is 452. The average Bonchev–Trinajstić information content (AvgIpc) is 2.26. The lowest BCUT2D eigenvalue weighted by molar-refractivity contribution is -0.131. The molecule has 1 rings (SSSR count). The van der Waals surface area contributed by atoms with Gasteiger partial charge in [0.15, 0.2) is 0 Å². The Morgan fingerprint density at radius 1 is 1.29 bits per heavy atom. The molecule has 1 aromatic rings. The summed E-state index contributed by atoms with van der Waals surface area (Å²) in [5.41, 5.74) is 2.10. The Kier molecular flexibility index (Phi) is 4.46. The average molecular weight is 233 g/mol. The highest BCUT2D eigenvalue weighted by Crippen LogP contribution is 2.16. The number of carbonyl (C=O) groups excluding carboxylic acids is 1. The highest BCUT2D eigenvalue weighted by molar-refractivity contribution is 5.94. The van der Waals surface area contributed by atoms with Gasteiger partial charge in [-0.05, 0) is 25.0 Å². The van der Waals surface area contributed by atoms with E-state index in [0.29, 0.717) is 0 Å². The van der Waals surface area contributed by atoms with Crippen LogP contribution in [0.3, 0.4) is 0 Å². The van der Waals surface area contributed by atoms with Gasteiger partial charge < -0.3 is 10.4 Å². The maximum absolute atomic E-state index is 11.4. The second-order valence-corrected chi connectivity index (χ2v) is 3.76. The molecule has 90 valence electrons. The first kappa shape index (κ1) is 13.0. The molecule has 4 nitrogen and oxygen atoms in total. The Morgan fingerprint density at radius 3 is 2.53 bits per heavy atom. The van der Waals surface area contributed by atoms with Crippen molar-refractivity contribution >= 4 is 11.9 Å². The summed E-state index contributed by atoms with van der Waals surface area (Å²) in [7, 11) is 0. The van der Waals surface area contributed by atoms with Crippen molar-refractivity contribution in [2.45, 2.75) is 19.9 Å². The standard InChI is InChI=1S/C13H15NO3/c1-9-5-3-4-6-11(9)10(2)14-12(15)7-8-13(16)17/h3-8,10H,1-2H3,(H,14,15)(H,16,17)/b8-7+/t10-/m0/s1. The minimum atomic E-state index is -1.14. The smallest absolute Gasteiger partial charge is 0.328 e. The van der Waals surface area contributed by atoms with Gasteiger partial charge in [0.05, 0.1) is 6.04 Å². The van der Waals surface area contributed by atoms with Crippen LogP contribution in [0.1, 0.15) is 24.1 Å². The minimum absolute atomic E-state index is 0.151. The molecule has 1 atom stereocenters. The zero-order valence-corrected chi connectivity index (χ0v) is 9.81. The first-order valence-electron chi connectivity index (χ1n) is 5.27. The number of nitrogens with one attached hydrogen (secondary N) is 1. The normalized spacial score (nSPS) is 12.4. The Balaban J connectivity index is 2.67. The maximum Gasteiger partial charge on any atom is 0.328 e. The fraction of sp³-hybridized carbons (Fsp3) is 0.231. The van der Waals surface area contributed by atoms with Crippen molar-refractivity contribution in [2.24, 2.45) is 0 Å². The summed E-state index contributed by atoms with van der Waals surface area (Å²) in [6, 6.07) is 7.57. The zero-order valence-electron chi connectivity index (χ0n) is 9.81. The lowest BCUT2D eigenvalue weighted by Gasteiger charge is -2.15. The fourth-order valence-electron chi connectivity index (χ4n) is 1.56. The molecule has 0 heterocycles. The van der Waals surface area contributed by atoms with Crippen molar-refractivity contribution in [3.63, 3.8) is 0 Å². The predicted molar refractivity (Wildman–Crippen MR) is 64.5 cm³/mol. The van der Waals surface area contributed by atoms with Crippen LogP contribution in [0, 0.1) is 6.92 Å². The number of hydrogen-bond acceptors (Lipinski definition) is 2. The third kappa shape index (κ3) is 4.10.